The van der Waals surface area contributed by atoms with Crippen LogP contribution in [0.1, 0.15) is 50.3 Å². The van der Waals surface area contributed by atoms with Gasteiger partial charge in [0.1, 0.15) is 0 Å². The molecule has 1 heterocycles. The first-order chi connectivity index (χ1) is 12.8. The molecule has 1 fully saturated rings. The summed E-state index contributed by atoms with van der Waals surface area (Å²) in [6.07, 6.45) is -1.19. The van der Waals surface area contributed by atoms with Crippen molar-refractivity contribution in [1.29, 1.82) is 0 Å². The Labute approximate surface area is 160 Å². The van der Waals surface area contributed by atoms with Gasteiger partial charge >= 0.3 is 6.18 Å². The highest BCUT2D eigenvalue weighted by Crippen LogP contribution is 2.36. The molecular weight excluding hydrogens is 353 g/mol. The van der Waals surface area contributed by atoms with Crippen LogP contribution in [0.2, 0.25) is 0 Å². The summed E-state index contributed by atoms with van der Waals surface area (Å²) in [5.74, 6) is 1.07. The van der Waals surface area contributed by atoms with E-state index < -0.39 is 11.7 Å². The van der Waals surface area contributed by atoms with E-state index in [0.717, 1.165) is 43.9 Å². The minimum Gasteiger partial charge on any atom is -0.356 e. The maximum Gasteiger partial charge on any atom is 0.416 e. The van der Waals surface area contributed by atoms with Crippen LogP contribution in [0.4, 0.5) is 13.2 Å². The third-order valence-corrected chi connectivity index (χ3v) is 5.34. The van der Waals surface area contributed by atoms with Crippen molar-refractivity contribution in [3.05, 3.63) is 35.4 Å². The zero-order valence-corrected chi connectivity index (χ0v) is 16.6. The lowest BCUT2D eigenvalue weighted by atomic mass is 9.84. The number of likely N-dealkylation sites (tertiary alicyclic amines) is 1. The van der Waals surface area contributed by atoms with Crippen LogP contribution in [0.25, 0.3) is 0 Å². The first-order valence-electron chi connectivity index (χ1n) is 9.60. The number of rotatable bonds is 5. The molecule has 4 nitrogen and oxygen atoms in total. The van der Waals surface area contributed by atoms with Crippen LogP contribution in [-0.2, 0) is 6.18 Å². The Morgan fingerprint density at radius 3 is 2.52 bits per heavy atom. The maximum atomic E-state index is 12.9. The molecule has 1 aromatic carbocycles. The van der Waals surface area contributed by atoms with Crippen LogP contribution in [0.3, 0.4) is 0 Å². The van der Waals surface area contributed by atoms with Crippen molar-refractivity contribution in [1.82, 2.24) is 15.5 Å². The summed E-state index contributed by atoms with van der Waals surface area (Å²) in [5.41, 5.74) is 0.333. The number of nitrogens with one attached hydrogen (secondary N) is 2. The molecule has 1 aliphatic rings. The van der Waals surface area contributed by atoms with Crippen LogP contribution in [-0.4, -0.2) is 44.1 Å². The smallest absolute Gasteiger partial charge is 0.356 e. The van der Waals surface area contributed by atoms with E-state index in [0.29, 0.717) is 12.0 Å². The van der Waals surface area contributed by atoms with Crippen molar-refractivity contribution < 1.29 is 13.2 Å². The zero-order valence-electron chi connectivity index (χ0n) is 16.6. The lowest BCUT2D eigenvalue weighted by Crippen LogP contribution is -2.46. The molecule has 1 aliphatic heterocycles. The van der Waals surface area contributed by atoms with Crippen LogP contribution >= 0.6 is 0 Å². The molecule has 1 saturated heterocycles. The first-order valence-corrected chi connectivity index (χ1v) is 9.60. The molecule has 1 aromatic rings. The van der Waals surface area contributed by atoms with Crippen LogP contribution in [0.15, 0.2) is 29.3 Å². The highest BCUT2D eigenvalue weighted by Gasteiger charge is 2.33. The van der Waals surface area contributed by atoms with E-state index in [1.807, 2.05) is 7.05 Å². The summed E-state index contributed by atoms with van der Waals surface area (Å²) in [6, 6.07) is 6.03. The van der Waals surface area contributed by atoms with Crippen LogP contribution < -0.4 is 10.6 Å². The topological polar surface area (TPSA) is 39.7 Å². The van der Waals surface area contributed by atoms with Crippen molar-refractivity contribution in [2.75, 3.05) is 27.2 Å². The van der Waals surface area contributed by atoms with E-state index in [2.05, 4.69) is 34.4 Å². The molecule has 3 atom stereocenters. The van der Waals surface area contributed by atoms with Crippen molar-refractivity contribution in [3.63, 3.8) is 0 Å². The van der Waals surface area contributed by atoms with Crippen molar-refractivity contribution >= 4 is 5.96 Å². The predicted molar refractivity (Wildman–Crippen MR) is 104 cm³/mol. The van der Waals surface area contributed by atoms with Crippen molar-refractivity contribution in [3.8, 4) is 0 Å². The predicted octanol–water partition coefficient (Wildman–Crippen LogP) is 4.05. The number of hydrogen-bond donors (Lipinski definition) is 2. The second-order valence-corrected chi connectivity index (χ2v) is 7.35. The third-order valence-electron chi connectivity index (χ3n) is 5.34. The summed E-state index contributed by atoms with van der Waals surface area (Å²) in [5, 5.41) is 6.74. The Morgan fingerprint density at radius 1 is 1.30 bits per heavy atom. The maximum absolute atomic E-state index is 12.9. The number of hydrogen-bond acceptors (Lipinski definition) is 2. The van der Waals surface area contributed by atoms with Gasteiger partial charge in [-0.15, -0.1) is 0 Å². The summed E-state index contributed by atoms with van der Waals surface area (Å²) in [4.78, 5) is 6.51. The minimum absolute atomic E-state index is 0.0928. The van der Waals surface area contributed by atoms with Gasteiger partial charge in [0.2, 0.25) is 0 Å². The average molecular weight is 384 g/mol. The molecule has 0 aliphatic carbocycles. The molecular formula is C20H31F3N4. The molecule has 0 spiro atoms. The van der Waals surface area contributed by atoms with E-state index in [4.69, 9.17) is 0 Å². The second kappa shape index (κ2) is 9.44. The molecule has 2 N–H and O–H groups in total. The van der Waals surface area contributed by atoms with E-state index in [1.54, 1.807) is 19.2 Å². The quantitative estimate of drug-likeness (QED) is 0.594. The molecule has 0 radical (unpaired) electrons. The van der Waals surface area contributed by atoms with E-state index in [9.17, 15) is 13.2 Å². The first kappa shape index (κ1) is 21.5. The van der Waals surface area contributed by atoms with Gasteiger partial charge in [0.05, 0.1) is 5.56 Å². The Bertz CT molecular complexity index is 613. The number of nitrogens with zero attached hydrogens (tertiary/aromatic N) is 2. The van der Waals surface area contributed by atoms with Gasteiger partial charge in [-0.1, -0.05) is 19.1 Å². The third kappa shape index (κ3) is 5.86. The van der Waals surface area contributed by atoms with Crippen molar-refractivity contribution in [2.24, 2.45) is 10.9 Å². The van der Waals surface area contributed by atoms with Gasteiger partial charge in [-0.3, -0.25) is 9.89 Å². The Hall–Kier alpha value is -1.76. The zero-order chi connectivity index (χ0) is 20.0. The lowest BCUT2D eigenvalue weighted by Gasteiger charge is -2.40. The van der Waals surface area contributed by atoms with Gasteiger partial charge in [0.25, 0.3) is 0 Å². The molecule has 2 rings (SSSR count). The van der Waals surface area contributed by atoms with Gasteiger partial charge < -0.3 is 10.6 Å². The van der Waals surface area contributed by atoms with E-state index in [-0.39, 0.29) is 6.04 Å². The highest BCUT2D eigenvalue weighted by atomic mass is 19.4. The molecule has 0 aromatic heterocycles. The molecule has 152 valence electrons. The standard InChI is InChI=1S/C20H31F3N4/c1-5-14(2)26-19(24-3)25-13-16-7-6-12-27(4)18(16)15-8-10-17(11-9-15)20(21,22)23/h8-11,14,16,18H,5-7,12-13H2,1-4H3,(H2,24,25,26). The Kier molecular flexibility index (Phi) is 7.53. The van der Waals surface area contributed by atoms with Gasteiger partial charge in [-0.25, -0.2) is 0 Å². The average Bonchev–Trinajstić information content (AvgIpc) is 2.64. The SMILES string of the molecule is CCC(C)NC(=NC)NCC1CCCN(C)C1c1ccc(C(F)(F)F)cc1. The molecule has 0 saturated carbocycles. The number of aliphatic imine (C=N–C) groups is 1. The summed E-state index contributed by atoms with van der Waals surface area (Å²) in [6.45, 7) is 5.89. The molecule has 7 heteroatoms. The van der Waals surface area contributed by atoms with Crippen LogP contribution in [0, 0.1) is 5.92 Å². The monoisotopic (exact) mass is 384 g/mol. The van der Waals surface area contributed by atoms with Crippen molar-refractivity contribution in [2.45, 2.75) is 51.4 Å². The van der Waals surface area contributed by atoms with Crippen LogP contribution in [0.5, 0.6) is 0 Å². The van der Waals surface area contributed by atoms with E-state index in [1.165, 1.54) is 12.1 Å². The van der Waals surface area contributed by atoms with E-state index >= 15 is 0 Å². The lowest BCUT2D eigenvalue weighted by molar-refractivity contribution is -0.137. The summed E-state index contributed by atoms with van der Waals surface area (Å²) >= 11 is 0. The number of guanidine groups is 1. The number of halogens is 3. The summed E-state index contributed by atoms with van der Waals surface area (Å²) in [7, 11) is 3.79. The Balaban J connectivity index is 2.10. The molecule has 0 bridgehead atoms. The fraction of sp³-hybridized carbons (Fsp3) is 0.650. The Morgan fingerprint density at radius 2 is 1.96 bits per heavy atom. The number of alkyl halides is 3. The molecule has 3 unspecified atom stereocenters. The summed E-state index contributed by atoms with van der Waals surface area (Å²) < 4.78 is 38.6. The van der Waals surface area contributed by atoms with Gasteiger partial charge in [0.15, 0.2) is 5.96 Å². The normalized spacial score (nSPS) is 23.1. The highest BCUT2D eigenvalue weighted by molar-refractivity contribution is 5.79. The second-order valence-electron chi connectivity index (χ2n) is 7.35. The molecule has 0 amide bonds. The fourth-order valence-electron chi connectivity index (χ4n) is 3.63. The van der Waals surface area contributed by atoms with Gasteiger partial charge in [0, 0.05) is 25.7 Å². The largest absolute Gasteiger partial charge is 0.416 e. The van der Waals surface area contributed by atoms with Gasteiger partial charge in [-0.05, 0) is 63.4 Å². The number of benzene rings is 1. The van der Waals surface area contributed by atoms with Gasteiger partial charge in [-0.2, -0.15) is 13.2 Å². The number of piperidine rings is 1. The molecule has 27 heavy (non-hydrogen) atoms. The fourth-order valence-corrected chi connectivity index (χ4v) is 3.63. The minimum atomic E-state index is -4.30.